The first-order valence-electron chi connectivity index (χ1n) is 10.6. The average Bonchev–Trinajstić information content (AvgIpc) is 2.56. The molecule has 0 saturated carbocycles. The van der Waals surface area contributed by atoms with Crippen LogP contribution in [0.25, 0.3) is 0 Å². The van der Waals surface area contributed by atoms with Gasteiger partial charge in [-0.25, -0.2) is 8.42 Å². The van der Waals surface area contributed by atoms with Gasteiger partial charge in [-0.05, 0) is 18.8 Å². The Morgan fingerprint density at radius 1 is 0.692 bits per heavy atom. The number of unbranched alkanes of at least 4 members (excludes halogenated alkanes) is 12. The van der Waals surface area contributed by atoms with Crippen molar-refractivity contribution in [2.45, 2.75) is 117 Å². The van der Waals surface area contributed by atoms with Crippen molar-refractivity contribution >= 4 is 10.4 Å². The molecule has 0 aliphatic carbocycles. The van der Waals surface area contributed by atoms with Crippen molar-refractivity contribution in [1.82, 2.24) is 0 Å². The summed E-state index contributed by atoms with van der Waals surface area (Å²) in [5, 5.41) is 0. The van der Waals surface area contributed by atoms with Crippen molar-refractivity contribution in [3.05, 3.63) is 0 Å². The van der Waals surface area contributed by atoms with E-state index in [1.54, 1.807) is 0 Å². The minimum Gasteiger partial charge on any atom is -0.726 e. The fraction of sp³-hybridized carbons (Fsp3) is 1.00. The van der Waals surface area contributed by atoms with Crippen molar-refractivity contribution in [3.8, 4) is 0 Å². The van der Waals surface area contributed by atoms with Crippen LogP contribution < -0.4 is 51.4 Å². The van der Waals surface area contributed by atoms with Gasteiger partial charge in [0.2, 0.25) is 10.4 Å². The number of hydrogen-bond acceptors (Lipinski definition) is 4. The van der Waals surface area contributed by atoms with Crippen LogP contribution in [0.4, 0.5) is 0 Å². The second kappa shape index (κ2) is 21.2. The summed E-state index contributed by atoms with van der Waals surface area (Å²) in [5.74, 6) is 0.204. The monoisotopic (exact) mass is 416 g/mol. The van der Waals surface area contributed by atoms with Crippen LogP contribution in [0.2, 0.25) is 0 Å². The van der Waals surface area contributed by atoms with Crippen LogP contribution in [0, 0.1) is 5.92 Å². The molecule has 152 valence electrons. The third kappa shape index (κ3) is 23.5. The smallest absolute Gasteiger partial charge is 0.726 e. The zero-order chi connectivity index (χ0) is 18.8. The molecule has 0 radical (unpaired) electrons. The molecule has 0 rings (SSSR count). The van der Waals surface area contributed by atoms with Crippen molar-refractivity contribution in [1.29, 1.82) is 0 Å². The van der Waals surface area contributed by atoms with Gasteiger partial charge in [0.1, 0.15) is 0 Å². The molecule has 0 spiro atoms. The first kappa shape index (κ1) is 29.7. The minimum absolute atomic E-state index is 0. The third-order valence-corrected chi connectivity index (χ3v) is 5.30. The summed E-state index contributed by atoms with van der Waals surface area (Å²) in [4.78, 5) is 0. The Balaban J connectivity index is 0. The summed E-state index contributed by atoms with van der Waals surface area (Å²) in [5.41, 5.74) is 0. The zero-order valence-electron chi connectivity index (χ0n) is 17.6. The molecule has 0 N–H and O–H groups in total. The zero-order valence-corrected chi connectivity index (χ0v) is 21.6. The number of hydrogen-bond donors (Lipinski definition) is 0. The molecular formula is C20H41KO4S. The SMILES string of the molecule is CCCCCCCCCCC(CCCCCCCC)COS(=O)(=O)[O-].[K+]. The molecule has 0 aromatic heterocycles. The van der Waals surface area contributed by atoms with Gasteiger partial charge in [-0.2, -0.15) is 0 Å². The molecule has 1 atom stereocenters. The summed E-state index contributed by atoms with van der Waals surface area (Å²) in [6.45, 7) is 4.51. The molecule has 4 nitrogen and oxygen atoms in total. The van der Waals surface area contributed by atoms with E-state index in [9.17, 15) is 13.0 Å². The quantitative estimate of drug-likeness (QED) is 0.140. The van der Waals surface area contributed by atoms with Gasteiger partial charge in [-0.15, -0.1) is 0 Å². The standard InChI is InChI=1S/C20H42O4S.K/c1-3-5-7-9-11-12-14-16-18-20(19-24-25(21,22)23)17-15-13-10-8-6-4-2;/h20H,3-19H2,1-2H3,(H,21,22,23);/q;+1/p-1. The molecule has 0 amide bonds. The van der Waals surface area contributed by atoms with Crippen LogP contribution in [0.3, 0.4) is 0 Å². The van der Waals surface area contributed by atoms with E-state index in [-0.39, 0.29) is 63.9 Å². The Kier molecular flexibility index (Phi) is 24.2. The predicted molar refractivity (Wildman–Crippen MR) is 104 cm³/mol. The maximum absolute atomic E-state index is 10.7. The van der Waals surface area contributed by atoms with E-state index in [2.05, 4.69) is 18.0 Å². The van der Waals surface area contributed by atoms with E-state index in [1.165, 1.54) is 77.0 Å². The second-order valence-electron chi connectivity index (χ2n) is 7.38. The number of rotatable bonds is 19. The molecule has 0 aliphatic heterocycles. The molecule has 0 aromatic carbocycles. The van der Waals surface area contributed by atoms with Crippen molar-refractivity contribution < 1.29 is 68.5 Å². The fourth-order valence-electron chi connectivity index (χ4n) is 3.27. The molecule has 0 bridgehead atoms. The summed E-state index contributed by atoms with van der Waals surface area (Å²) in [6.07, 6.45) is 19.5. The molecule has 1 unspecified atom stereocenters. The van der Waals surface area contributed by atoms with Crippen LogP contribution >= 0.6 is 0 Å². The fourth-order valence-corrected chi connectivity index (χ4v) is 3.63. The van der Waals surface area contributed by atoms with E-state index in [0.29, 0.717) is 0 Å². The molecule has 0 aromatic rings. The molecule has 0 fully saturated rings. The maximum atomic E-state index is 10.7. The topological polar surface area (TPSA) is 66.4 Å². The largest absolute Gasteiger partial charge is 1.00 e. The van der Waals surface area contributed by atoms with Crippen LogP contribution in [0.1, 0.15) is 117 Å². The Morgan fingerprint density at radius 3 is 1.38 bits per heavy atom. The van der Waals surface area contributed by atoms with Gasteiger partial charge in [0, 0.05) is 0 Å². The van der Waals surface area contributed by atoms with Crippen LogP contribution in [0.5, 0.6) is 0 Å². The summed E-state index contributed by atoms with van der Waals surface area (Å²) < 4.78 is 36.6. The molecule has 0 heterocycles. The Labute approximate surface area is 206 Å². The summed E-state index contributed by atoms with van der Waals surface area (Å²) >= 11 is 0. The van der Waals surface area contributed by atoms with E-state index >= 15 is 0 Å². The summed E-state index contributed by atoms with van der Waals surface area (Å²) in [7, 11) is -4.56. The molecule has 26 heavy (non-hydrogen) atoms. The Bertz CT molecular complexity index is 374. The second-order valence-corrected chi connectivity index (χ2v) is 8.43. The van der Waals surface area contributed by atoms with E-state index in [1.807, 2.05) is 0 Å². The molecule has 0 saturated heterocycles. The van der Waals surface area contributed by atoms with E-state index in [4.69, 9.17) is 0 Å². The van der Waals surface area contributed by atoms with E-state index in [0.717, 1.165) is 25.7 Å². The van der Waals surface area contributed by atoms with Crippen molar-refractivity contribution in [2.24, 2.45) is 5.92 Å². The van der Waals surface area contributed by atoms with Gasteiger partial charge in [-0.1, -0.05) is 104 Å². The van der Waals surface area contributed by atoms with Crippen LogP contribution in [0.15, 0.2) is 0 Å². The van der Waals surface area contributed by atoms with Crippen LogP contribution in [-0.2, 0) is 14.6 Å². The Morgan fingerprint density at radius 2 is 1.04 bits per heavy atom. The molecule has 6 heteroatoms. The van der Waals surface area contributed by atoms with Gasteiger partial charge in [-0.3, -0.25) is 4.18 Å². The van der Waals surface area contributed by atoms with Gasteiger partial charge in [0.05, 0.1) is 6.61 Å². The van der Waals surface area contributed by atoms with Gasteiger partial charge < -0.3 is 4.55 Å². The van der Waals surface area contributed by atoms with E-state index < -0.39 is 10.4 Å². The van der Waals surface area contributed by atoms with Gasteiger partial charge in [0.25, 0.3) is 0 Å². The third-order valence-electron chi connectivity index (χ3n) is 4.88. The molecule has 0 aliphatic rings. The Hall–Kier alpha value is 1.51. The maximum Gasteiger partial charge on any atom is 1.00 e. The van der Waals surface area contributed by atoms with Crippen molar-refractivity contribution in [3.63, 3.8) is 0 Å². The minimum atomic E-state index is -4.56. The normalized spacial score (nSPS) is 12.7. The first-order valence-corrected chi connectivity index (χ1v) is 11.9. The van der Waals surface area contributed by atoms with Gasteiger partial charge in [0.15, 0.2) is 0 Å². The van der Waals surface area contributed by atoms with Crippen molar-refractivity contribution in [2.75, 3.05) is 6.61 Å². The molecular weight excluding hydrogens is 375 g/mol. The van der Waals surface area contributed by atoms with Gasteiger partial charge >= 0.3 is 51.4 Å². The average molecular weight is 417 g/mol. The van der Waals surface area contributed by atoms with Crippen LogP contribution in [-0.4, -0.2) is 19.6 Å². The predicted octanol–water partition coefficient (Wildman–Crippen LogP) is 3.36. The summed E-state index contributed by atoms with van der Waals surface area (Å²) in [6, 6.07) is 0. The first-order chi connectivity index (χ1) is 12.0.